The van der Waals surface area contributed by atoms with E-state index in [-0.39, 0.29) is 5.78 Å². The van der Waals surface area contributed by atoms with Gasteiger partial charge in [-0.05, 0) is 34.2 Å². The second kappa shape index (κ2) is 11.2. The number of nitrogens with zero attached hydrogens (tertiary/aromatic N) is 6. The van der Waals surface area contributed by atoms with Crippen molar-refractivity contribution in [2.75, 3.05) is 0 Å². The number of carbonyl (C=O) groups excluding carboxylic acids is 1. The number of hydrogen-bond acceptors (Lipinski definition) is 6. The Balaban J connectivity index is 1.34. The monoisotopic (exact) mass is 481 g/mol. The van der Waals surface area contributed by atoms with E-state index in [2.05, 4.69) is 62.6 Å². The summed E-state index contributed by atoms with van der Waals surface area (Å²) in [5, 5.41) is 19.1. The molecule has 0 aliphatic heterocycles. The number of aromatic amines is 1. The van der Waals surface area contributed by atoms with Gasteiger partial charge in [0.1, 0.15) is 5.82 Å². The molecule has 1 fully saturated rings. The number of nitrogens with one attached hydrogen (secondary N) is 1. The minimum atomic E-state index is 0.0638. The lowest BCUT2D eigenvalue weighted by molar-refractivity contribution is 0.0939. The van der Waals surface area contributed by atoms with E-state index in [4.69, 9.17) is 4.98 Å². The molecule has 1 saturated carbocycles. The van der Waals surface area contributed by atoms with Crippen LogP contribution in [-0.2, 0) is 13.0 Å². The Morgan fingerprint density at radius 1 is 1.06 bits per heavy atom. The highest BCUT2D eigenvalue weighted by molar-refractivity contribution is 5.92. The number of Topliss-reactive ketones (excluding diaryl/α,β-unsaturated/α-hetero) is 1. The Bertz CT molecular complexity index is 1300. The molecular formula is C28H31N7O. The fourth-order valence-corrected chi connectivity index (χ4v) is 4.95. The zero-order chi connectivity index (χ0) is 24.7. The van der Waals surface area contributed by atoms with Crippen LogP contribution >= 0.6 is 0 Å². The molecule has 2 aromatic heterocycles. The summed E-state index contributed by atoms with van der Waals surface area (Å²) in [5.74, 6) is 2.26. The van der Waals surface area contributed by atoms with Gasteiger partial charge in [-0.2, -0.15) is 5.21 Å². The van der Waals surface area contributed by atoms with Gasteiger partial charge in [-0.1, -0.05) is 86.7 Å². The first-order chi connectivity index (χ1) is 17.7. The van der Waals surface area contributed by atoms with E-state index in [9.17, 15) is 4.79 Å². The minimum absolute atomic E-state index is 0.0638. The molecule has 1 aliphatic rings. The number of ketones is 1. The van der Waals surface area contributed by atoms with Gasteiger partial charge in [0.05, 0.1) is 0 Å². The van der Waals surface area contributed by atoms with Crippen LogP contribution in [0.4, 0.5) is 0 Å². The molecule has 0 radical (unpaired) electrons. The third kappa shape index (κ3) is 5.48. The molecule has 0 bridgehead atoms. The summed E-state index contributed by atoms with van der Waals surface area (Å²) in [5.41, 5.74) is 4.13. The van der Waals surface area contributed by atoms with Crippen LogP contribution in [0.5, 0.6) is 0 Å². The molecule has 1 N–H and O–H groups in total. The lowest BCUT2D eigenvalue weighted by Gasteiger charge is -2.19. The van der Waals surface area contributed by atoms with Gasteiger partial charge in [0, 0.05) is 24.9 Å². The second-order valence-electron chi connectivity index (χ2n) is 9.44. The Morgan fingerprint density at radius 2 is 1.83 bits per heavy atom. The van der Waals surface area contributed by atoms with E-state index in [1.165, 1.54) is 19.3 Å². The smallest absolute Gasteiger partial charge is 0.217 e. The Morgan fingerprint density at radius 3 is 2.56 bits per heavy atom. The summed E-state index contributed by atoms with van der Waals surface area (Å²) in [6, 6.07) is 16.4. The van der Waals surface area contributed by atoms with Crippen LogP contribution in [0.3, 0.4) is 0 Å². The second-order valence-corrected chi connectivity index (χ2v) is 9.44. The quantitative estimate of drug-likeness (QED) is 0.239. The molecule has 2 heterocycles. The zero-order valence-corrected chi connectivity index (χ0v) is 20.4. The number of benzene rings is 2. The molecule has 0 amide bonds. The molecule has 0 spiro atoms. The van der Waals surface area contributed by atoms with Crippen molar-refractivity contribution in [3.63, 3.8) is 0 Å². The zero-order valence-electron chi connectivity index (χ0n) is 20.4. The first kappa shape index (κ1) is 23.8. The van der Waals surface area contributed by atoms with Crippen molar-refractivity contribution in [1.82, 2.24) is 35.4 Å². The van der Waals surface area contributed by atoms with Gasteiger partial charge < -0.3 is 0 Å². The maximum Gasteiger partial charge on any atom is 0.217 e. The van der Waals surface area contributed by atoms with Gasteiger partial charge in [0.25, 0.3) is 0 Å². The Labute approximate surface area is 210 Å². The third-order valence-electron chi connectivity index (χ3n) is 6.88. The van der Waals surface area contributed by atoms with Crippen molar-refractivity contribution >= 4 is 5.78 Å². The van der Waals surface area contributed by atoms with Crippen molar-refractivity contribution < 1.29 is 4.79 Å². The molecule has 4 aromatic rings. The van der Waals surface area contributed by atoms with Gasteiger partial charge in [-0.3, -0.25) is 4.79 Å². The highest BCUT2D eigenvalue weighted by atomic mass is 16.1. The van der Waals surface area contributed by atoms with Crippen LogP contribution in [-0.4, -0.2) is 41.2 Å². The highest BCUT2D eigenvalue weighted by Crippen LogP contribution is 2.30. The number of allylic oxidation sites excluding steroid dienone is 1. The molecule has 1 aliphatic carbocycles. The summed E-state index contributed by atoms with van der Waals surface area (Å²) in [6.07, 6.45) is 9.80. The molecule has 8 heteroatoms. The summed E-state index contributed by atoms with van der Waals surface area (Å²) >= 11 is 0. The molecule has 36 heavy (non-hydrogen) atoms. The van der Waals surface area contributed by atoms with Crippen LogP contribution in [0, 0.1) is 5.92 Å². The first-order valence-corrected chi connectivity index (χ1v) is 12.7. The predicted octanol–water partition coefficient (Wildman–Crippen LogP) is 5.45. The van der Waals surface area contributed by atoms with Gasteiger partial charge in [0.2, 0.25) is 17.4 Å². The van der Waals surface area contributed by atoms with Crippen LogP contribution in [0.15, 0.2) is 61.2 Å². The third-order valence-corrected chi connectivity index (χ3v) is 6.88. The van der Waals surface area contributed by atoms with Crippen LogP contribution in [0.1, 0.15) is 67.0 Å². The van der Waals surface area contributed by atoms with Crippen molar-refractivity contribution in [2.24, 2.45) is 5.92 Å². The summed E-state index contributed by atoms with van der Waals surface area (Å²) in [4.78, 5) is 17.7. The number of carbonyl (C=O) groups is 1. The highest BCUT2D eigenvalue weighted by Gasteiger charge is 2.22. The van der Waals surface area contributed by atoms with Gasteiger partial charge >= 0.3 is 0 Å². The van der Waals surface area contributed by atoms with E-state index in [0.717, 1.165) is 47.3 Å². The first-order valence-electron chi connectivity index (χ1n) is 12.7. The van der Waals surface area contributed by atoms with Crippen LogP contribution < -0.4 is 0 Å². The van der Waals surface area contributed by atoms with Crippen molar-refractivity contribution in [1.29, 1.82) is 0 Å². The standard InChI is InChI=1S/C28H31N7O/c1-2-3-17-35-26(29-28(32-35)25(36)18-20-9-5-4-6-10-20)19-21-13-15-22(16-14-21)23-11-7-8-12-24(23)27-30-33-34-31-27/h2,7-8,11-16,20H,1,3-6,9-10,17-19H2,(H,30,31,33,34). The maximum atomic E-state index is 13.0. The van der Waals surface area contributed by atoms with E-state index in [1.807, 2.05) is 29.0 Å². The normalized spacial score (nSPS) is 14.1. The number of hydrogen-bond donors (Lipinski definition) is 1. The number of aryl methyl sites for hydroxylation is 1. The number of tetrazole rings is 1. The number of aromatic nitrogens is 7. The van der Waals surface area contributed by atoms with E-state index < -0.39 is 0 Å². The van der Waals surface area contributed by atoms with Gasteiger partial charge in [-0.15, -0.1) is 21.9 Å². The molecule has 0 saturated heterocycles. The summed E-state index contributed by atoms with van der Waals surface area (Å²) < 4.78 is 1.87. The minimum Gasteiger partial charge on any atom is -0.291 e. The van der Waals surface area contributed by atoms with Crippen molar-refractivity contribution in [2.45, 2.75) is 57.9 Å². The van der Waals surface area contributed by atoms with E-state index in [1.54, 1.807) is 0 Å². The molecule has 184 valence electrons. The lowest BCUT2D eigenvalue weighted by Crippen LogP contribution is -2.13. The topological polar surface area (TPSA) is 102 Å². The molecule has 5 rings (SSSR count). The Kier molecular flexibility index (Phi) is 7.40. The Hall–Kier alpha value is -3.94. The average Bonchev–Trinajstić information content (AvgIpc) is 3.59. The SMILES string of the molecule is C=CCCn1nc(C(=O)CC2CCCCC2)nc1Cc1ccc(-c2ccccc2-c2nn[nH]n2)cc1. The van der Waals surface area contributed by atoms with Gasteiger partial charge in [0.15, 0.2) is 0 Å². The fourth-order valence-electron chi connectivity index (χ4n) is 4.95. The summed E-state index contributed by atoms with van der Waals surface area (Å²) in [7, 11) is 0. The van der Waals surface area contributed by atoms with Crippen molar-refractivity contribution in [3.8, 4) is 22.5 Å². The molecule has 2 aromatic carbocycles. The summed E-state index contributed by atoms with van der Waals surface area (Å²) in [6.45, 7) is 4.49. The molecular weight excluding hydrogens is 450 g/mol. The van der Waals surface area contributed by atoms with Crippen LogP contribution in [0.2, 0.25) is 0 Å². The molecule has 8 nitrogen and oxygen atoms in total. The number of H-pyrrole nitrogens is 1. The largest absolute Gasteiger partial charge is 0.291 e. The van der Waals surface area contributed by atoms with E-state index in [0.29, 0.717) is 37.0 Å². The maximum absolute atomic E-state index is 13.0. The molecule has 0 unspecified atom stereocenters. The number of rotatable bonds is 10. The fraction of sp³-hybridized carbons (Fsp3) is 0.357. The molecule has 0 atom stereocenters. The lowest BCUT2D eigenvalue weighted by atomic mass is 9.86. The van der Waals surface area contributed by atoms with Crippen LogP contribution in [0.25, 0.3) is 22.5 Å². The average molecular weight is 482 g/mol. The van der Waals surface area contributed by atoms with E-state index >= 15 is 0 Å². The predicted molar refractivity (Wildman–Crippen MR) is 138 cm³/mol. The van der Waals surface area contributed by atoms with Crippen molar-refractivity contribution in [3.05, 3.63) is 78.4 Å². The van der Waals surface area contributed by atoms with Gasteiger partial charge in [-0.25, -0.2) is 9.67 Å².